The fourth-order valence-corrected chi connectivity index (χ4v) is 4.02. The van der Waals surface area contributed by atoms with Crippen LogP contribution in [0.5, 0.6) is 5.75 Å². The maximum atomic E-state index is 14.2. The van der Waals surface area contributed by atoms with E-state index < -0.39 is 23.4 Å². The Bertz CT molecular complexity index is 1050. The SMILES string of the molecule is Fc1cccc(-c2ccc3c(c2)N(Sc2cccc(C(F)(F)F)c2)CCO3)c1F. The van der Waals surface area contributed by atoms with Crippen molar-refractivity contribution in [3.63, 3.8) is 0 Å². The molecule has 0 saturated carbocycles. The van der Waals surface area contributed by atoms with Crippen LogP contribution in [0.4, 0.5) is 27.6 Å². The molecule has 0 N–H and O–H groups in total. The summed E-state index contributed by atoms with van der Waals surface area (Å²) in [5.74, 6) is -1.38. The van der Waals surface area contributed by atoms with Crippen molar-refractivity contribution in [3.05, 3.63) is 77.9 Å². The topological polar surface area (TPSA) is 12.5 Å². The summed E-state index contributed by atoms with van der Waals surface area (Å²) >= 11 is 1.13. The van der Waals surface area contributed by atoms with Crippen LogP contribution >= 0.6 is 11.9 Å². The lowest BCUT2D eigenvalue weighted by molar-refractivity contribution is -0.137. The van der Waals surface area contributed by atoms with E-state index in [0.717, 1.165) is 30.1 Å². The maximum absolute atomic E-state index is 14.2. The number of nitrogens with zero attached hydrogens (tertiary/aromatic N) is 1. The Morgan fingerprint density at radius 2 is 1.72 bits per heavy atom. The quantitative estimate of drug-likeness (QED) is 0.350. The normalized spacial score (nSPS) is 13.8. The van der Waals surface area contributed by atoms with Crippen molar-refractivity contribution in [2.24, 2.45) is 0 Å². The van der Waals surface area contributed by atoms with Gasteiger partial charge in [-0.25, -0.2) is 8.78 Å². The lowest BCUT2D eigenvalue weighted by atomic mass is 10.0. The van der Waals surface area contributed by atoms with Crippen LogP contribution < -0.4 is 9.04 Å². The molecule has 29 heavy (non-hydrogen) atoms. The fraction of sp³-hybridized carbons (Fsp3) is 0.143. The smallest absolute Gasteiger partial charge is 0.416 e. The molecular formula is C21H14F5NOS. The molecule has 1 heterocycles. The average molecular weight is 423 g/mol. The first-order valence-electron chi connectivity index (χ1n) is 8.67. The van der Waals surface area contributed by atoms with Gasteiger partial charge in [0.05, 0.1) is 17.8 Å². The minimum Gasteiger partial charge on any atom is -0.489 e. The van der Waals surface area contributed by atoms with Crippen molar-refractivity contribution < 1.29 is 26.7 Å². The van der Waals surface area contributed by atoms with Crippen LogP contribution in [0, 0.1) is 11.6 Å². The van der Waals surface area contributed by atoms with E-state index in [0.29, 0.717) is 35.0 Å². The van der Waals surface area contributed by atoms with E-state index >= 15 is 0 Å². The number of ether oxygens (including phenoxy) is 1. The molecule has 0 amide bonds. The highest BCUT2D eigenvalue weighted by molar-refractivity contribution is 8.00. The predicted molar refractivity (Wildman–Crippen MR) is 102 cm³/mol. The number of hydrogen-bond donors (Lipinski definition) is 0. The lowest BCUT2D eigenvalue weighted by Crippen LogP contribution is -2.26. The first-order valence-corrected chi connectivity index (χ1v) is 9.44. The summed E-state index contributed by atoms with van der Waals surface area (Å²) in [4.78, 5) is 0.412. The van der Waals surface area contributed by atoms with E-state index in [1.165, 1.54) is 18.2 Å². The Kier molecular flexibility index (Phi) is 5.12. The molecule has 150 valence electrons. The summed E-state index contributed by atoms with van der Waals surface area (Å²) in [6.07, 6.45) is -4.43. The van der Waals surface area contributed by atoms with E-state index in [9.17, 15) is 22.0 Å². The van der Waals surface area contributed by atoms with Crippen LogP contribution in [0.2, 0.25) is 0 Å². The van der Waals surface area contributed by atoms with E-state index in [1.807, 2.05) is 0 Å². The molecule has 3 aromatic carbocycles. The van der Waals surface area contributed by atoms with Crippen LogP contribution in [-0.2, 0) is 6.18 Å². The molecule has 0 saturated heterocycles. The number of fused-ring (bicyclic) bond motifs is 1. The molecule has 8 heteroatoms. The van der Waals surface area contributed by atoms with Crippen molar-refractivity contribution in [1.82, 2.24) is 0 Å². The first-order chi connectivity index (χ1) is 13.8. The second-order valence-corrected chi connectivity index (χ2v) is 7.45. The van der Waals surface area contributed by atoms with Crippen molar-refractivity contribution in [2.45, 2.75) is 11.1 Å². The molecular weight excluding hydrogens is 409 g/mol. The van der Waals surface area contributed by atoms with E-state index in [1.54, 1.807) is 28.6 Å². The van der Waals surface area contributed by atoms with Gasteiger partial charge in [0.2, 0.25) is 0 Å². The third-order valence-corrected chi connectivity index (χ3v) is 5.48. The second kappa shape index (κ2) is 7.59. The summed E-state index contributed by atoms with van der Waals surface area (Å²) in [5, 5.41) is 0. The van der Waals surface area contributed by atoms with Crippen LogP contribution in [0.15, 0.2) is 65.6 Å². The first kappa shape index (κ1) is 19.6. The maximum Gasteiger partial charge on any atom is 0.416 e. The lowest BCUT2D eigenvalue weighted by Gasteiger charge is -2.30. The van der Waals surface area contributed by atoms with Gasteiger partial charge in [-0.15, -0.1) is 0 Å². The van der Waals surface area contributed by atoms with Gasteiger partial charge in [-0.1, -0.05) is 24.3 Å². The molecule has 0 aromatic heterocycles. The second-order valence-electron chi connectivity index (χ2n) is 6.35. The Hall–Kier alpha value is -2.74. The molecule has 0 atom stereocenters. The number of alkyl halides is 3. The number of anilines is 1. The molecule has 0 unspecified atom stereocenters. The summed E-state index contributed by atoms with van der Waals surface area (Å²) in [6, 6.07) is 13.9. The molecule has 0 bridgehead atoms. The zero-order valence-corrected chi connectivity index (χ0v) is 15.7. The molecule has 3 aromatic rings. The van der Waals surface area contributed by atoms with Gasteiger partial charge in [-0.3, -0.25) is 0 Å². The highest BCUT2D eigenvalue weighted by Crippen LogP contribution is 2.42. The number of benzene rings is 3. The summed E-state index contributed by atoms with van der Waals surface area (Å²) in [6.45, 7) is 0.773. The zero-order valence-electron chi connectivity index (χ0n) is 14.8. The molecule has 0 aliphatic carbocycles. The highest BCUT2D eigenvalue weighted by atomic mass is 32.2. The van der Waals surface area contributed by atoms with Crippen molar-refractivity contribution in [1.29, 1.82) is 0 Å². The van der Waals surface area contributed by atoms with Gasteiger partial charge in [-0.2, -0.15) is 13.2 Å². The number of rotatable bonds is 3. The van der Waals surface area contributed by atoms with Gasteiger partial charge in [-0.05, 0) is 53.9 Å². The number of halogens is 5. The van der Waals surface area contributed by atoms with Gasteiger partial charge in [0, 0.05) is 10.5 Å². The summed E-state index contributed by atoms with van der Waals surface area (Å²) in [5.41, 5.74) is 0.398. The largest absolute Gasteiger partial charge is 0.489 e. The van der Waals surface area contributed by atoms with E-state index in [2.05, 4.69) is 0 Å². The van der Waals surface area contributed by atoms with Crippen LogP contribution in [0.1, 0.15) is 5.56 Å². The van der Waals surface area contributed by atoms with Gasteiger partial charge >= 0.3 is 6.18 Å². The van der Waals surface area contributed by atoms with Crippen LogP contribution in [0.25, 0.3) is 11.1 Å². The van der Waals surface area contributed by atoms with Gasteiger partial charge in [0.15, 0.2) is 11.6 Å². The van der Waals surface area contributed by atoms with Crippen molar-refractivity contribution in [2.75, 3.05) is 17.5 Å². The molecule has 0 fully saturated rings. The Balaban J connectivity index is 1.68. The molecule has 2 nitrogen and oxygen atoms in total. The van der Waals surface area contributed by atoms with Crippen LogP contribution in [0.3, 0.4) is 0 Å². The number of hydrogen-bond acceptors (Lipinski definition) is 3. The molecule has 4 rings (SSSR count). The predicted octanol–water partition coefficient (Wildman–Crippen LogP) is 6.56. The monoisotopic (exact) mass is 423 g/mol. The third kappa shape index (κ3) is 4.03. The van der Waals surface area contributed by atoms with E-state index in [-0.39, 0.29) is 5.56 Å². The van der Waals surface area contributed by atoms with E-state index in [4.69, 9.17) is 4.74 Å². The van der Waals surface area contributed by atoms with Crippen molar-refractivity contribution in [3.8, 4) is 16.9 Å². The Labute approximate surface area is 168 Å². The zero-order chi connectivity index (χ0) is 20.6. The molecule has 0 spiro atoms. The molecule has 1 aliphatic rings. The Morgan fingerprint density at radius 1 is 0.931 bits per heavy atom. The molecule has 0 radical (unpaired) electrons. The van der Waals surface area contributed by atoms with Crippen LogP contribution in [-0.4, -0.2) is 13.2 Å². The third-order valence-electron chi connectivity index (χ3n) is 4.42. The van der Waals surface area contributed by atoms with Gasteiger partial charge < -0.3 is 9.04 Å². The standard InChI is InChI=1S/C21H14F5NOS/c22-17-6-2-5-16(20(17)23)13-7-8-19-18(11-13)27(9-10-28-19)29-15-4-1-3-14(12-15)21(24,25)26/h1-8,11-12H,9-10H2. The minimum absolute atomic E-state index is 0.0994. The summed E-state index contributed by atoms with van der Waals surface area (Å²) < 4.78 is 74.1. The fourth-order valence-electron chi connectivity index (χ4n) is 3.04. The van der Waals surface area contributed by atoms with Gasteiger partial charge in [0.1, 0.15) is 12.4 Å². The average Bonchev–Trinajstić information content (AvgIpc) is 2.70. The molecule has 1 aliphatic heterocycles. The Morgan fingerprint density at radius 3 is 2.52 bits per heavy atom. The summed E-state index contributed by atoms with van der Waals surface area (Å²) in [7, 11) is 0. The highest BCUT2D eigenvalue weighted by Gasteiger charge is 2.31. The van der Waals surface area contributed by atoms with Crippen molar-refractivity contribution >= 4 is 17.6 Å². The minimum atomic E-state index is -4.43. The van der Waals surface area contributed by atoms with Gasteiger partial charge in [0.25, 0.3) is 0 Å².